The maximum atomic E-state index is 12.6. The van der Waals surface area contributed by atoms with Crippen LogP contribution in [-0.2, 0) is 4.74 Å². The molecule has 3 rings (SSSR count). The Morgan fingerprint density at radius 1 is 1.26 bits per heavy atom. The maximum absolute atomic E-state index is 12.6. The maximum Gasteiger partial charge on any atom is 0.221 e. The number of likely N-dealkylation sites (N-methyl/N-ethyl adjacent to an activating group) is 1. The molecule has 2 atom stereocenters. The third-order valence-corrected chi connectivity index (χ3v) is 4.12. The van der Waals surface area contributed by atoms with E-state index >= 15 is 0 Å². The van der Waals surface area contributed by atoms with E-state index in [-0.39, 0.29) is 11.6 Å². The number of benzene rings is 1. The van der Waals surface area contributed by atoms with Crippen LogP contribution >= 0.6 is 11.6 Å². The highest BCUT2D eigenvalue weighted by molar-refractivity contribution is 6.32. The van der Waals surface area contributed by atoms with Gasteiger partial charge in [0.25, 0.3) is 0 Å². The Balaban J connectivity index is 2.11. The average molecular weight is 280 g/mol. The van der Waals surface area contributed by atoms with Gasteiger partial charge in [-0.1, -0.05) is 25.4 Å². The Morgan fingerprint density at radius 3 is 2.58 bits per heavy atom. The van der Waals surface area contributed by atoms with E-state index in [9.17, 15) is 9.59 Å². The predicted octanol–water partition coefficient (Wildman–Crippen LogP) is 2.16. The van der Waals surface area contributed by atoms with Gasteiger partial charge in [0.2, 0.25) is 11.5 Å². The average Bonchev–Trinajstić information content (AvgIpc) is 3.14. The number of hydrogen-bond acceptors (Lipinski definition) is 4. The molecule has 0 spiro atoms. The van der Waals surface area contributed by atoms with Crippen molar-refractivity contribution in [1.82, 2.24) is 4.90 Å². The molecule has 1 aliphatic carbocycles. The number of epoxide rings is 1. The molecule has 1 fully saturated rings. The minimum Gasteiger partial charge on any atom is -0.333 e. The summed E-state index contributed by atoms with van der Waals surface area (Å²) in [5.74, 6) is -0.281. The molecule has 0 saturated carbocycles. The van der Waals surface area contributed by atoms with E-state index in [0.717, 1.165) is 0 Å². The van der Waals surface area contributed by atoms with Crippen LogP contribution in [0.3, 0.4) is 0 Å². The van der Waals surface area contributed by atoms with Crippen LogP contribution in [0.25, 0.3) is 0 Å². The smallest absolute Gasteiger partial charge is 0.221 e. The Hall–Kier alpha value is -1.23. The molecule has 0 radical (unpaired) electrons. The molecule has 2 aliphatic rings. The molecule has 19 heavy (non-hydrogen) atoms. The largest absolute Gasteiger partial charge is 0.333 e. The monoisotopic (exact) mass is 279 g/mol. The highest BCUT2D eigenvalue weighted by Crippen LogP contribution is 2.48. The van der Waals surface area contributed by atoms with Crippen LogP contribution in [0.1, 0.15) is 34.6 Å². The summed E-state index contributed by atoms with van der Waals surface area (Å²) in [7, 11) is 0. The summed E-state index contributed by atoms with van der Waals surface area (Å²) in [6, 6.07) is 4.79. The van der Waals surface area contributed by atoms with Crippen molar-refractivity contribution in [1.29, 1.82) is 0 Å². The summed E-state index contributed by atoms with van der Waals surface area (Å²) in [5, 5.41) is 0.455. The Morgan fingerprint density at radius 2 is 1.95 bits per heavy atom. The fraction of sp³-hybridized carbons (Fsp3) is 0.429. The zero-order valence-electron chi connectivity index (χ0n) is 10.8. The van der Waals surface area contributed by atoms with Crippen molar-refractivity contribution in [2.45, 2.75) is 25.7 Å². The second kappa shape index (κ2) is 4.13. The SMILES string of the molecule is CCN(CC)C12OC1C(=O)c1cc(Cl)ccc1C2=O. The highest BCUT2D eigenvalue weighted by atomic mass is 35.5. The van der Waals surface area contributed by atoms with Crippen molar-refractivity contribution in [3.05, 3.63) is 34.3 Å². The standard InChI is InChI=1S/C14H14ClNO3/c1-3-16(4-2)14-12(18)9-6-5-8(15)7-10(9)11(17)13(14)19-14/h5-7,13H,3-4H2,1-2H3. The fourth-order valence-corrected chi connectivity index (χ4v) is 3.05. The lowest BCUT2D eigenvalue weighted by atomic mass is 9.85. The Kier molecular flexibility index (Phi) is 2.78. The Bertz CT molecular complexity index is 582. The lowest BCUT2D eigenvalue weighted by Crippen LogP contribution is -2.50. The van der Waals surface area contributed by atoms with E-state index in [2.05, 4.69) is 0 Å². The molecule has 0 bridgehead atoms. The number of ether oxygens (including phenoxy) is 1. The van der Waals surface area contributed by atoms with E-state index in [1.54, 1.807) is 18.2 Å². The van der Waals surface area contributed by atoms with Gasteiger partial charge in [-0.05, 0) is 31.3 Å². The van der Waals surface area contributed by atoms with Crippen LogP contribution in [0.15, 0.2) is 18.2 Å². The summed E-state index contributed by atoms with van der Waals surface area (Å²) in [5.41, 5.74) is -0.278. The molecule has 0 aromatic heterocycles. The predicted molar refractivity (Wildman–Crippen MR) is 70.6 cm³/mol. The van der Waals surface area contributed by atoms with Crippen LogP contribution in [0.2, 0.25) is 5.02 Å². The number of ketones is 2. The molecule has 4 nitrogen and oxygen atoms in total. The fourth-order valence-electron chi connectivity index (χ4n) is 2.88. The summed E-state index contributed by atoms with van der Waals surface area (Å²) in [6.07, 6.45) is -0.675. The first-order chi connectivity index (χ1) is 9.06. The van der Waals surface area contributed by atoms with Crippen molar-refractivity contribution < 1.29 is 14.3 Å². The van der Waals surface area contributed by atoms with E-state index in [1.165, 1.54) is 0 Å². The quantitative estimate of drug-likeness (QED) is 0.796. The normalized spacial score (nSPS) is 28.3. The first-order valence-corrected chi connectivity index (χ1v) is 6.75. The summed E-state index contributed by atoms with van der Waals surface area (Å²) < 4.78 is 5.54. The second-order valence-corrected chi connectivity index (χ2v) is 5.19. The van der Waals surface area contributed by atoms with Gasteiger partial charge >= 0.3 is 0 Å². The molecule has 0 N–H and O–H groups in total. The minimum absolute atomic E-state index is 0.132. The number of nitrogens with zero attached hydrogens (tertiary/aromatic N) is 1. The van der Waals surface area contributed by atoms with E-state index in [4.69, 9.17) is 16.3 Å². The number of carbonyl (C=O) groups is 2. The summed E-state index contributed by atoms with van der Waals surface area (Å²) >= 11 is 5.89. The molecular formula is C14H14ClNO3. The third kappa shape index (κ3) is 1.54. The molecule has 1 saturated heterocycles. The molecule has 2 unspecified atom stereocenters. The molecule has 1 heterocycles. The molecule has 1 aliphatic heterocycles. The van der Waals surface area contributed by atoms with Crippen molar-refractivity contribution in [2.24, 2.45) is 0 Å². The van der Waals surface area contributed by atoms with Gasteiger partial charge in [0, 0.05) is 16.1 Å². The molecule has 5 heteroatoms. The first-order valence-electron chi connectivity index (χ1n) is 6.37. The van der Waals surface area contributed by atoms with Gasteiger partial charge in [-0.15, -0.1) is 0 Å². The molecular weight excluding hydrogens is 266 g/mol. The van der Waals surface area contributed by atoms with Crippen molar-refractivity contribution in [3.8, 4) is 0 Å². The lowest BCUT2D eigenvalue weighted by Gasteiger charge is -2.28. The second-order valence-electron chi connectivity index (χ2n) is 4.75. The number of carbonyl (C=O) groups excluding carboxylic acids is 2. The molecule has 1 aromatic carbocycles. The number of fused-ring (bicyclic) bond motifs is 2. The van der Waals surface area contributed by atoms with Crippen molar-refractivity contribution >= 4 is 23.2 Å². The molecule has 100 valence electrons. The van der Waals surface area contributed by atoms with Gasteiger partial charge in [0.05, 0.1) is 0 Å². The van der Waals surface area contributed by atoms with Crippen LogP contribution in [0.5, 0.6) is 0 Å². The number of Topliss-reactive ketones (excluding diaryl/α,β-unsaturated/α-hetero) is 2. The topological polar surface area (TPSA) is 49.9 Å². The third-order valence-electron chi connectivity index (χ3n) is 3.88. The van der Waals surface area contributed by atoms with Gasteiger partial charge in [-0.25, -0.2) is 0 Å². The lowest BCUT2D eigenvalue weighted by molar-refractivity contribution is 0.0537. The number of halogens is 1. The number of hydrogen-bond donors (Lipinski definition) is 0. The zero-order chi connectivity index (χ0) is 13.8. The zero-order valence-corrected chi connectivity index (χ0v) is 11.5. The van der Waals surface area contributed by atoms with Crippen LogP contribution < -0.4 is 0 Å². The van der Waals surface area contributed by atoms with E-state index in [1.807, 2.05) is 18.7 Å². The van der Waals surface area contributed by atoms with Crippen LogP contribution in [0.4, 0.5) is 0 Å². The first kappa shape index (κ1) is 12.8. The van der Waals surface area contributed by atoms with Crippen LogP contribution in [-0.4, -0.2) is 41.4 Å². The van der Waals surface area contributed by atoms with Gasteiger partial charge in [-0.3, -0.25) is 14.5 Å². The van der Waals surface area contributed by atoms with E-state index < -0.39 is 11.8 Å². The Labute approximate surface area is 116 Å². The summed E-state index contributed by atoms with van der Waals surface area (Å²) in [4.78, 5) is 26.9. The highest BCUT2D eigenvalue weighted by Gasteiger charge is 2.71. The minimum atomic E-state index is -1.07. The number of rotatable bonds is 3. The summed E-state index contributed by atoms with van der Waals surface area (Å²) in [6.45, 7) is 5.22. The van der Waals surface area contributed by atoms with Crippen molar-refractivity contribution in [2.75, 3.05) is 13.1 Å². The van der Waals surface area contributed by atoms with Gasteiger partial charge < -0.3 is 4.74 Å². The van der Waals surface area contributed by atoms with Gasteiger partial charge in [0.15, 0.2) is 11.9 Å². The van der Waals surface area contributed by atoms with Crippen LogP contribution in [0, 0.1) is 0 Å². The van der Waals surface area contributed by atoms with Crippen molar-refractivity contribution in [3.63, 3.8) is 0 Å². The van der Waals surface area contributed by atoms with E-state index in [0.29, 0.717) is 29.2 Å². The van der Waals surface area contributed by atoms with Gasteiger partial charge in [-0.2, -0.15) is 0 Å². The van der Waals surface area contributed by atoms with Gasteiger partial charge in [0.1, 0.15) is 0 Å². The molecule has 0 amide bonds. The molecule has 1 aromatic rings.